The number of amides is 1. The van der Waals surface area contributed by atoms with Gasteiger partial charge in [0.15, 0.2) is 5.82 Å². The van der Waals surface area contributed by atoms with Crippen LogP contribution in [0.3, 0.4) is 0 Å². The Morgan fingerprint density at radius 3 is 2.91 bits per heavy atom. The maximum atomic E-state index is 14.7. The minimum absolute atomic E-state index is 0.126. The van der Waals surface area contributed by atoms with Crippen molar-refractivity contribution in [3.05, 3.63) is 53.4 Å². The Balaban J connectivity index is 1.89. The molecule has 0 aliphatic heterocycles. The maximum absolute atomic E-state index is 14.7. The lowest BCUT2D eigenvalue weighted by Gasteiger charge is -2.24. The van der Waals surface area contributed by atoms with Crippen molar-refractivity contribution >= 4 is 12.1 Å². The molecule has 0 aromatic heterocycles. The van der Waals surface area contributed by atoms with Gasteiger partial charge in [-0.15, -0.1) is 0 Å². The lowest BCUT2D eigenvalue weighted by atomic mass is 9.91. The SMILES string of the molecule is O=CNc1cccc(C(NCC2CC2)C2=CC=CCC2)c1F. The number of anilines is 1. The van der Waals surface area contributed by atoms with Crippen LogP contribution in [0.25, 0.3) is 0 Å². The van der Waals surface area contributed by atoms with Crippen LogP contribution in [-0.2, 0) is 4.79 Å². The van der Waals surface area contributed by atoms with Crippen LogP contribution in [0.15, 0.2) is 42.0 Å². The highest BCUT2D eigenvalue weighted by Gasteiger charge is 2.26. The summed E-state index contributed by atoms with van der Waals surface area (Å²) in [7, 11) is 0. The van der Waals surface area contributed by atoms with Crippen LogP contribution in [0, 0.1) is 11.7 Å². The van der Waals surface area contributed by atoms with Crippen molar-refractivity contribution in [3.8, 4) is 0 Å². The number of hydrogen-bond acceptors (Lipinski definition) is 2. The molecule has 0 saturated heterocycles. The number of rotatable bonds is 7. The smallest absolute Gasteiger partial charge is 0.211 e. The summed E-state index contributed by atoms with van der Waals surface area (Å²) in [5.74, 6) is 0.375. The van der Waals surface area contributed by atoms with Crippen LogP contribution >= 0.6 is 0 Å². The molecular weight excluding hydrogens is 279 g/mol. The zero-order valence-corrected chi connectivity index (χ0v) is 12.5. The van der Waals surface area contributed by atoms with E-state index in [1.807, 2.05) is 6.08 Å². The molecule has 1 fully saturated rings. The Bertz CT molecular complexity index is 605. The van der Waals surface area contributed by atoms with Crippen molar-refractivity contribution in [2.75, 3.05) is 11.9 Å². The van der Waals surface area contributed by atoms with Crippen LogP contribution in [0.2, 0.25) is 0 Å². The number of carbonyl (C=O) groups is 1. The predicted molar refractivity (Wildman–Crippen MR) is 86.0 cm³/mol. The summed E-state index contributed by atoms with van der Waals surface area (Å²) in [6.45, 7) is 0.913. The quantitative estimate of drug-likeness (QED) is 0.754. The van der Waals surface area contributed by atoms with Crippen LogP contribution in [0.5, 0.6) is 0 Å². The summed E-state index contributed by atoms with van der Waals surface area (Å²) in [6.07, 6.45) is 11.2. The molecule has 4 heteroatoms. The number of carbonyl (C=O) groups excluding carboxylic acids is 1. The van der Waals surface area contributed by atoms with Gasteiger partial charge in [-0.25, -0.2) is 4.39 Å². The van der Waals surface area contributed by atoms with Crippen molar-refractivity contribution in [3.63, 3.8) is 0 Å². The fraction of sp³-hybridized carbons (Fsp3) is 0.389. The fourth-order valence-corrected chi connectivity index (χ4v) is 2.86. The Morgan fingerprint density at radius 2 is 2.23 bits per heavy atom. The minimum Gasteiger partial charge on any atom is -0.326 e. The molecule has 2 N–H and O–H groups in total. The van der Waals surface area contributed by atoms with Gasteiger partial charge >= 0.3 is 0 Å². The van der Waals surface area contributed by atoms with Gasteiger partial charge < -0.3 is 10.6 Å². The molecule has 3 rings (SSSR count). The molecule has 0 bridgehead atoms. The Hall–Kier alpha value is -1.94. The Kier molecular flexibility index (Phi) is 4.68. The standard InChI is InChI=1S/C18H21FN2O/c19-17-15(7-4-8-16(17)21-12-22)18(20-11-13-9-10-13)14-5-2-1-3-6-14/h1-2,4-5,7-8,12-13,18,20H,3,6,9-11H2,(H,21,22). The largest absolute Gasteiger partial charge is 0.326 e. The van der Waals surface area contributed by atoms with Crippen LogP contribution in [0.1, 0.15) is 37.3 Å². The summed E-state index contributed by atoms with van der Waals surface area (Å²) in [6, 6.07) is 5.05. The third-order valence-electron chi connectivity index (χ3n) is 4.28. The highest BCUT2D eigenvalue weighted by molar-refractivity contribution is 5.72. The molecular formula is C18H21FN2O. The van der Waals surface area contributed by atoms with E-state index in [4.69, 9.17) is 0 Å². The van der Waals surface area contributed by atoms with Crippen molar-refractivity contribution in [2.24, 2.45) is 5.92 Å². The summed E-state index contributed by atoms with van der Waals surface area (Å²) in [5.41, 5.74) is 2.04. The maximum Gasteiger partial charge on any atom is 0.211 e. The van der Waals surface area contributed by atoms with Crippen molar-refractivity contribution in [1.29, 1.82) is 0 Å². The van der Waals surface area contributed by atoms with Crippen LogP contribution in [0.4, 0.5) is 10.1 Å². The molecule has 1 atom stereocenters. The molecule has 0 heterocycles. The monoisotopic (exact) mass is 300 g/mol. The summed E-state index contributed by atoms with van der Waals surface area (Å²) in [5, 5.41) is 5.95. The summed E-state index contributed by atoms with van der Waals surface area (Å²) < 4.78 is 14.7. The van der Waals surface area contributed by atoms with E-state index in [-0.39, 0.29) is 17.5 Å². The summed E-state index contributed by atoms with van der Waals surface area (Å²) >= 11 is 0. The predicted octanol–water partition coefficient (Wildman–Crippen LogP) is 3.71. The van der Waals surface area contributed by atoms with E-state index >= 15 is 0 Å². The molecule has 0 radical (unpaired) electrons. The molecule has 3 nitrogen and oxygen atoms in total. The molecule has 0 spiro atoms. The normalized spacial score (nSPS) is 18.7. The van der Waals surface area contributed by atoms with Gasteiger partial charge in [-0.05, 0) is 49.8 Å². The van der Waals surface area contributed by atoms with Crippen LogP contribution < -0.4 is 10.6 Å². The first-order valence-corrected chi connectivity index (χ1v) is 7.87. The molecule has 1 aromatic rings. The number of halogens is 1. The fourth-order valence-electron chi connectivity index (χ4n) is 2.86. The Labute approximate surface area is 130 Å². The van der Waals surface area contributed by atoms with E-state index < -0.39 is 0 Å². The second-order valence-corrected chi connectivity index (χ2v) is 5.96. The van der Waals surface area contributed by atoms with E-state index in [2.05, 4.69) is 22.8 Å². The van der Waals surface area contributed by atoms with Gasteiger partial charge in [-0.2, -0.15) is 0 Å². The van der Waals surface area contributed by atoms with E-state index in [0.29, 0.717) is 12.0 Å². The van der Waals surface area contributed by atoms with E-state index in [1.165, 1.54) is 18.4 Å². The third kappa shape index (κ3) is 3.45. The van der Waals surface area contributed by atoms with Gasteiger partial charge in [0.25, 0.3) is 0 Å². The average Bonchev–Trinajstić information content (AvgIpc) is 3.36. The lowest BCUT2D eigenvalue weighted by molar-refractivity contribution is -0.105. The molecule has 1 unspecified atom stereocenters. The molecule has 2 aliphatic rings. The number of benzene rings is 1. The first-order valence-electron chi connectivity index (χ1n) is 7.87. The Morgan fingerprint density at radius 1 is 1.36 bits per heavy atom. The third-order valence-corrected chi connectivity index (χ3v) is 4.28. The molecule has 116 valence electrons. The molecule has 1 saturated carbocycles. The van der Waals surface area contributed by atoms with Crippen molar-refractivity contribution < 1.29 is 9.18 Å². The van der Waals surface area contributed by atoms with E-state index in [0.717, 1.165) is 25.3 Å². The van der Waals surface area contributed by atoms with Gasteiger partial charge in [0.1, 0.15) is 0 Å². The highest BCUT2D eigenvalue weighted by atomic mass is 19.1. The van der Waals surface area contributed by atoms with Crippen molar-refractivity contribution in [2.45, 2.75) is 31.7 Å². The second-order valence-electron chi connectivity index (χ2n) is 5.96. The van der Waals surface area contributed by atoms with Gasteiger partial charge in [0, 0.05) is 5.56 Å². The highest BCUT2D eigenvalue weighted by Crippen LogP contribution is 2.34. The van der Waals surface area contributed by atoms with Crippen molar-refractivity contribution in [1.82, 2.24) is 5.32 Å². The number of hydrogen-bond donors (Lipinski definition) is 2. The average molecular weight is 300 g/mol. The minimum atomic E-state index is -0.349. The number of allylic oxidation sites excluding steroid dienone is 3. The zero-order valence-electron chi connectivity index (χ0n) is 12.5. The summed E-state index contributed by atoms with van der Waals surface area (Å²) in [4.78, 5) is 10.6. The van der Waals surface area contributed by atoms with E-state index in [9.17, 15) is 9.18 Å². The molecule has 2 aliphatic carbocycles. The number of nitrogens with one attached hydrogen (secondary N) is 2. The zero-order chi connectivity index (χ0) is 15.4. The van der Waals surface area contributed by atoms with E-state index in [1.54, 1.807) is 18.2 Å². The molecule has 22 heavy (non-hydrogen) atoms. The first kappa shape index (κ1) is 15.0. The molecule has 1 aromatic carbocycles. The van der Waals surface area contributed by atoms with Gasteiger partial charge in [0.05, 0.1) is 11.7 Å². The molecule has 1 amide bonds. The van der Waals surface area contributed by atoms with Gasteiger partial charge in [0.2, 0.25) is 6.41 Å². The van der Waals surface area contributed by atoms with Crippen LogP contribution in [-0.4, -0.2) is 13.0 Å². The second kappa shape index (κ2) is 6.88. The van der Waals surface area contributed by atoms with Gasteiger partial charge in [-0.3, -0.25) is 4.79 Å². The lowest BCUT2D eigenvalue weighted by Crippen LogP contribution is -2.26. The topological polar surface area (TPSA) is 41.1 Å². The first-order chi connectivity index (χ1) is 10.8. The van der Waals surface area contributed by atoms with Gasteiger partial charge in [-0.1, -0.05) is 30.4 Å².